The molecule has 0 fully saturated rings. The van der Waals surface area contributed by atoms with Crippen LogP contribution in [0.25, 0.3) is 0 Å². The van der Waals surface area contributed by atoms with Gasteiger partial charge in [-0.05, 0) is 30.7 Å². The van der Waals surface area contributed by atoms with Crippen LogP contribution >= 0.6 is 0 Å². The van der Waals surface area contributed by atoms with E-state index in [-0.39, 0.29) is 18.1 Å². The SMILES string of the molecule is CCCNCc1ccc(OC)c(CS(=O)(=O)CCOC)c1. The topological polar surface area (TPSA) is 64.6 Å². The minimum absolute atomic E-state index is 0.0188. The van der Waals surface area contributed by atoms with Crippen LogP contribution in [0.3, 0.4) is 0 Å². The van der Waals surface area contributed by atoms with E-state index in [0.29, 0.717) is 11.3 Å². The predicted octanol–water partition coefficient (Wildman–Crippen LogP) is 1.76. The van der Waals surface area contributed by atoms with E-state index in [1.165, 1.54) is 7.11 Å². The van der Waals surface area contributed by atoms with Crippen molar-refractivity contribution in [3.63, 3.8) is 0 Å². The molecule has 0 radical (unpaired) electrons. The van der Waals surface area contributed by atoms with Crippen LogP contribution in [0.2, 0.25) is 0 Å². The van der Waals surface area contributed by atoms with Crippen molar-refractivity contribution in [2.24, 2.45) is 0 Å². The van der Waals surface area contributed by atoms with Crippen molar-refractivity contribution in [3.8, 4) is 5.75 Å². The van der Waals surface area contributed by atoms with Gasteiger partial charge >= 0.3 is 0 Å². The number of hydrogen-bond acceptors (Lipinski definition) is 5. The Bertz CT molecular complexity index is 528. The molecule has 21 heavy (non-hydrogen) atoms. The van der Waals surface area contributed by atoms with Crippen LogP contribution in [0.1, 0.15) is 24.5 Å². The van der Waals surface area contributed by atoms with Gasteiger partial charge in [0.1, 0.15) is 5.75 Å². The third kappa shape index (κ3) is 6.46. The van der Waals surface area contributed by atoms with Gasteiger partial charge in [-0.2, -0.15) is 0 Å². The lowest BCUT2D eigenvalue weighted by molar-refractivity contribution is 0.217. The van der Waals surface area contributed by atoms with Crippen LogP contribution in [0.5, 0.6) is 5.75 Å². The molecule has 120 valence electrons. The zero-order valence-corrected chi connectivity index (χ0v) is 13.8. The Balaban J connectivity index is 2.85. The Morgan fingerprint density at radius 1 is 1.24 bits per heavy atom. The fourth-order valence-corrected chi connectivity index (χ4v) is 3.25. The maximum atomic E-state index is 12.0. The summed E-state index contributed by atoms with van der Waals surface area (Å²) in [5, 5.41) is 3.30. The maximum Gasteiger partial charge on any atom is 0.156 e. The van der Waals surface area contributed by atoms with E-state index in [1.54, 1.807) is 7.11 Å². The van der Waals surface area contributed by atoms with E-state index in [0.717, 1.165) is 25.1 Å². The highest BCUT2D eigenvalue weighted by Crippen LogP contribution is 2.22. The van der Waals surface area contributed by atoms with Gasteiger partial charge < -0.3 is 14.8 Å². The van der Waals surface area contributed by atoms with Gasteiger partial charge in [0.15, 0.2) is 9.84 Å². The third-order valence-corrected chi connectivity index (χ3v) is 4.61. The summed E-state index contributed by atoms with van der Waals surface area (Å²) in [6.07, 6.45) is 1.06. The van der Waals surface area contributed by atoms with Crippen LogP contribution < -0.4 is 10.1 Å². The van der Waals surface area contributed by atoms with Crippen LogP contribution in [-0.4, -0.2) is 41.5 Å². The largest absolute Gasteiger partial charge is 0.496 e. The molecule has 0 amide bonds. The molecule has 1 aromatic rings. The zero-order chi connectivity index (χ0) is 15.7. The lowest BCUT2D eigenvalue weighted by Gasteiger charge is -2.12. The van der Waals surface area contributed by atoms with Gasteiger partial charge in [0.05, 0.1) is 25.2 Å². The van der Waals surface area contributed by atoms with Crippen molar-refractivity contribution in [2.45, 2.75) is 25.6 Å². The van der Waals surface area contributed by atoms with Crippen molar-refractivity contribution in [3.05, 3.63) is 29.3 Å². The molecule has 5 nitrogen and oxygen atoms in total. The minimum Gasteiger partial charge on any atom is -0.496 e. The van der Waals surface area contributed by atoms with Gasteiger partial charge in [0.2, 0.25) is 0 Å². The van der Waals surface area contributed by atoms with E-state index in [9.17, 15) is 8.42 Å². The molecular weight excluding hydrogens is 290 g/mol. The molecule has 1 N–H and O–H groups in total. The summed E-state index contributed by atoms with van der Waals surface area (Å²) in [7, 11) is -0.149. The van der Waals surface area contributed by atoms with Crippen LogP contribution in [0, 0.1) is 0 Å². The Labute approximate surface area is 127 Å². The first-order chi connectivity index (χ1) is 10.0. The van der Waals surface area contributed by atoms with Crippen molar-refractivity contribution in [2.75, 3.05) is 33.1 Å². The predicted molar refractivity (Wildman–Crippen MR) is 84.4 cm³/mol. The number of benzene rings is 1. The second kappa shape index (κ2) is 9.02. The molecule has 0 bridgehead atoms. The first kappa shape index (κ1) is 17.9. The average Bonchev–Trinajstić information content (AvgIpc) is 2.45. The van der Waals surface area contributed by atoms with Crippen molar-refractivity contribution in [1.82, 2.24) is 5.32 Å². The summed E-state index contributed by atoms with van der Waals surface area (Å²) in [5.74, 6) is 0.599. The lowest BCUT2D eigenvalue weighted by atomic mass is 10.1. The van der Waals surface area contributed by atoms with Gasteiger partial charge in [0.25, 0.3) is 0 Å². The van der Waals surface area contributed by atoms with Crippen molar-refractivity contribution in [1.29, 1.82) is 0 Å². The first-order valence-corrected chi connectivity index (χ1v) is 8.90. The molecule has 0 aromatic heterocycles. The second-order valence-corrected chi connectivity index (χ2v) is 7.09. The fourth-order valence-electron chi connectivity index (χ4n) is 1.98. The average molecular weight is 315 g/mol. The molecule has 1 rings (SSSR count). The van der Waals surface area contributed by atoms with Crippen LogP contribution in [0.15, 0.2) is 18.2 Å². The Hall–Kier alpha value is -1.11. The number of sulfone groups is 1. The van der Waals surface area contributed by atoms with Gasteiger partial charge in [0, 0.05) is 19.2 Å². The summed E-state index contributed by atoms with van der Waals surface area (Å²) < 4.78 is 34.2. The Morgan fingerprint density at radius 2 is 2.00 bits per heavy atom. The third-order valence-electron chi connectivity index (χ3n) is 3.07. The van der Waals surface area contributed by atoms with Crippen molar-refractivity contribution >= 4 is 9.84 Å². The normalized spacial score (nSPS) is 11.6. The lowest BCUT2D eigenvalue weighted by Crippen LogP contribution is -2.16. The zero-order valence-electron chi connectivity index (χ0n) is 13.0. The van der Waals surface area contributed by atoms with Gasteiger partial charge in [-0.15, -0.1) is 0 Å². The van der Waals surface area contributed by atoms with E-state index in [1.807, 2.05) is 18.2 Å². The molecular formula is C15H25NO4S. The summed E-state index contributed by atoms with van der Waals surface area (Å²) in [6.45, 7) is 3.98. The highest BCUT2D eigenvalue weighted by molar-refractivity contribution is 7.90. The molecule has 0 heterocycles. The number of ether oxygens (including phenoxy) is 2. The molecule has 0 saturated carbocycles. The van der Waals surface area contributed by atoms with Crippen molar-refractivity contribution < 1.29 is 17.9 Å². The molecule has 0 saturated heterocycles. The van der Waals surface area contributed by atoms with E-state index >= 15 is 0 Å². The van der Waals surface area contributed by atoms with Gasteiger partial charge in [-0.25, -0.2) is 8.42 Å². The van der Waals surface area contributed by atoms with E-state index < -0.39 is 9.84 Å². The number of nitrogens with one attached hydrogen (secondary N) is 1. The number of methoxy groups -OCH3 is 2. The maximum absolute atomic E-state index is 12.0. The number of hydrogen-bond donors (Lipinski definition) is 1. The first-order valence-electron chi connectivity index (χ1n) is 7.08. The molecule has 0 aliphatic carbocycles. The highest BCUT2D eigenvalue weighted by atomic mass is 32.2. The highest BCUT2D eigenvalue weighted by Gasteiger charge is 2.15. The van der Waals surface area contributed by atoms with Crippen LogP contribution in [0.4, 0.5) is 0 Å². The monoisotopic (exact) mass is 315 g/mol. The Morgan fingerprint density at radius 3 is 2.62 bits per heavy atom. The molecule has 0 unspecified atom stereocenters. The molecule has 6 heteroatoms. The van der Waals surface area contributed by atoms with Gasteiger partial charge in [-0.3, -0.25) is 0 Å². The summed E-state index contributed by atoms with van der Waals surface area (Å²) in [6, 6.07) is 5.67. The minimum atomic E-state index is -3.20. The fraction of sp³-hybridized carbons (Fsp3) is 0.600. The standard InChI is InChI=1S/C15H25NO4S/c1-4-7-16-11-13-5-6-15(20-3)14(10-13)12-21(17,18)9-8-19-2/h5-6,10,16H,4,7-9,11-12H2,1-3H3. The molecule has 1 aromatic carbocycles. The molecule has 0 aliphatic rings. The smallest absolute Gasteiger partial charge is 0.156 e. The molecule has 0 aliphatic heterocycles. The second-order valence-electron chi connectivity index (χ2n) is 4.91. The summed E-state index contributed by atoms with van der Waals surface area (Å²) >= 11 is 0. The summed E-state index contributed by atoms with van der Waals surface area (Å²) in [4.78, 5) is 0. The summed E-state index contributed by atoms with van der Waals surface area (Å²) in [5.41, 5.74) is 1.76. The van der Waals surface area contributed by atoms with Crippen LogP contribution in [-0.2, 0) is 26.9 Å². The quantitative estimate of drug-likeness (QED) is 0.667. The van der Waals surface area contributed by atoms with E-state index in [4.69, 9.17) is 9.47 Å². The Kier molecular flexibility index (Phi) is 7.71. The van der Waals surface area contributed by atoms with Gasteiger partial charge in [-0.1, -0.05) is 13.0 Å². The molecule has 0 atom stereocenters. The number of rotatable bonds is 10. The van der Waals surface area contributed by atoms with E-state index in [2.05, 4.69) is 12.2 Å². The molecule has 0 spiro atoms.